The number of anilines is 1. The van der Waals surface area contributed by atoms with E-state index in [0.29, 0.717) is 26.1 Å². The number of rotatable bonds is 2. The lowest BCUT2D eigenvalue weighted by Crippen LogP contribution is -2.50. The van der Waals surface area contributed by atoms with Crippen LogP contribution in [0.4, 0.5) is 5.69 Å². The number of nitrogens with two attached hydrogens (primary N) is 1. The van der Waals surface area contributed by atoms with E-state index in [1.807, 2.05) is 25.1 Å². The van der Waals surface area contributed by atoms with Crippen molar-refractivity contribution in [1.29, 1.82) is 0 Å². The largest absolute Gasteiger partial charge is 0.398 e. The molecule has 1 aromatic rings. The Balaban J connectivity index is 1.85. The van der Waals surface area contributed by atoms with Crippen LogP contribution in [0.25, 0.3) is 0 Å². The molecule has 0 aliphatic carbocycles. The SMILES string of the molecule is CC1CCCCN1S(=O)(=O)N1CCc2c(N)cccc2C1. The maximum Gasteiger partial charge on any atom is 0.282 e. The quantitative estimate of drug-likeness (QED) is 0.846. The lowest BCUT2D eigenvalue weighted by Gasteiger charge is -2.38. The predicted molar refractivity (Wildman–Crippen MR) is 83.9 cm³/mol. The van der Waals surface area contributed by atoms with Crippen LogP contribution in [0.5, 0.6) is 0 Å². The fourth-order valence-corrected chi connectivity index (χ4v) is 5.21. The molecule has 1 fully saturated rings. The normalized spacial score (nSPS) is 24.7. The number of benzene rings is 1. The van der Waals surface area contributed by atoms with Gasteiger partial charge in [-0.15, -0.1) is 0 Å². The van der Waals surface area contributed by atoms with E-state index in [4.69, 9.17) is 5.73 Å². The van der Waals surface area contributed by atoms with Gasteiger partial charge in [-0.3, -0.25) is 0 Å². The lowest BCUT2D eigenvalue weighted by atomic mass is 9.99. The van der Waals surface area contributed by atoms with Gasteiger partial charge in [0.1, 0.15) is 0 Å². The first kappa shape index (κ1) is 14.8. The maximum absolute atomic E-state index is 12.9. The maximum atomic E-state index is 12.9. The summed E-state index contributed by atoms with van der Waals surface area (Å²) in [5.41, 5.74) is 8.90. The second kappa shape index (κ2) is 5.59. The molecule has 1 aromatic carbocycles. The Labute approximate surface area is 126 Å². The van der Waals surface area contributed by atoms with Crippen molar-refractivity contribution >= 4 is 15.9 Å². The van der Waals surface area contributed by atoms with E-state index in [2.05, 4.69) is 0 Å². The Morgan fingerprint density at radius 2 is 2.05 bits per heavy atom. The minimum atomic E-state index is -3.36. The molecule has 0 spiro atoms. The molecule has 1 atom stereocenters. The Morgan fingerprint density at radius 1 is 1.24 bits per heavy atom. The molecule has 0 bridgehead atoms. The minimum absolute atomic E-state index is 0.103. The highest BCUT2D eigenvalue weighted by Crippen LogP contribution is 2.29. The van der Waals surface area contributed by atoms with Crippen LogP contribution in [0.15, 0.2) is 18.2 Å². The average Bonchev–Trinajstić information content (AvgIpc) is 2.47. The van der Waals surface area contributed by atoms with Gasteiger partial charge in [-0.05, 0) is 43.4 Å². The molecule has 0 radical (unpaired) electrons. The first-order valence-electron chi connectivity index (χ1n) is 7.63. The molecular formula is C15H23N3O2S. The third-order valence-electron chi connectivity index (χ3n) is 4.63. The van der Waals surface area contributed by atoms with Gasteiger partial charge in [-0.2, -0.15) is 17.0 Å². The first-order valence-corrected chi connectivity index (χ1v) is 9.03. The van der Waals surface area contributed by atoms with Gasteiger partial charge < -0.3 is 5.73 Å². The molecule has 116 valence electrons. The zero-order valence-corrected chi connectivity index (χ0v) is 13.3. The number of nitrogen functional groups attached to an aromatic ring is 1. The lowest BCUT2D eigenvalue weighted by molar-refractivity contribution is 0.240. The molecule has 2 N–H and O–H groups in total. The number of hydrogen-bond donors (Lipinski definition) is 1. The highest BCUT2D eigenvalue weighted by atomic mass is 32.2. The molecule has 0 amide bonds. The Hall–Kier alpha value is -1.11. The summed E-state index contributed by atoms with van der Waals surface area (Å²) in [5.74, 6) is 0. The minimum Gasteiger partial charge on any atom is -0.398 e. The van der Waals surface area contributed by atoms with Crippen molar-refractivity contribution < 1.29 is 8.42 Å². The topological polar surface area (TPSA) is 66.6 Å². The summed E-state index contributed by atoms with van der Waals surface area (Å²) in [7, 11) is -3.36. The average molecular weight is 309 g/mol. The summed E-state index contributed by atoms with van der Waals surface area (Å²) in [5, 5.41) is 0. The van der Waals surface area contributed by atoms with Gasteiger partial charge in [-0.25, -0.2) is 0 Å². The van der Waals surface area contributed by atoms with Gasteiger partial charge in [0.05, 0.1) is 0 Å². The summed E-state index contributed by atoms with van der Waals surface area (Å²) < 4.78 is 29.0. The van der Waals surface area contributed by atoms with Crippen LogP contribution in [0, 0.1) is 0 Å². The highest BCUT2D eigenvalue weighted by molar-refractivity contribution is 7.86. The summed E-state index contributed by atoms with van der Waals surface area (Å²) >= 11 is 0. The molecular weight excluding hydrogens is 286 g/mol. The van der Waals surface area contributed by atoms with Crippen LogP contribution < -0.4 is 5.73 Å². The van der Waals surface area contributed by atoms with Gasteiger partial charge in [0.25, 0.3) is 10.2 Å². The van der Waals surface area contributed by atoms with Crippen LogP contribution in [0.2, 0.25) is 0 Å². The molecule has 2 aliphatic rings. The van der Waals surface area contributed by atoms with E-state index >= 15 is 0 Å². The van der Waals surface area contributed by atoms with Crippen molar-refractivity contribution in [2.24, 2.45) is 0 Å². The van der Waals surface area contributed by atoms with Crippen molar-refractivity contribution in [2.75, 3.05) is 18.8 Å². The Kier molecular flexibility index (Phi) is 3.94. The molecule has 0 saturated carbocycles. The summed E-state index contributed by atoms with van der Waals surface area (Å²) in [6.45, 7) is 3.61. The van der Waals surface area contributed by atoms with E-state index in [9.17, 15) is 8.42 Å². The first-order chi connectivity index (χ1) is 10.00. The van der Waals surface area contributed by atoms with Crippen LogP contribution in [-0.2, 0) is 23.2 Å². The van der Waals surface area contributed by atoms with E-state index in [0.717, 1.165) is 36.1 Å². The summed E-state index contributed by atoms with van der Waals surface area (Å²) in [6, 6.07) is 5.86. The standard InChI is InChI=1S/C15H23N3O2S/c1-12-5-2-3-9-18(12)21(19,20)17-10-8-14-13(11-17)6-4-7-15(14)16/h4,6-7,12H,2-3,5,8-11,16H2,1H3. The van der Waals surface area contributed by atoms with E-state index < -0.39 is 10.2 Å². The fourth-order valence-electron chi connectivity index (χ4n) is 3.37. The van der Waals surface area contributed by atoms with Crippen molar-refractivity contribution in [3.8, 4) is 0 Å². The number of nitrogens with zero attached hydrogens (tertiary/aromatic N) is 2. The summed E-state index contributed by atoms with van der Waals surface area (Å²) in [6.07, 6.45) is 3.73. The van der Waals surface area contributed by atoms with Crippen LogP contribution in [0.3, 0.4) is 0 Å². The second-order valence-corrected chi connectivity index (χ2v) is 7.91. The Bertz CT molecular complexity index is 630. The zero-order chi connectivity index (χ0) is 15.0. The van der Waals surface area contributed by atoms with Crippen molar-refractivity contribution in [3.05, 3.63) is 29.3 Å². The van der Waals surface area contributed by atoms with Crippen molar-refractivity contribution in [1.82, 2.24) is 8.61 Å². The zero-order valence-electron chi connectivity index (χ0n) is 12.5. The van der Waals surface area contributed by atoms with Crippen LogP contribution in [-0.4, -0.2) is 36.2 Å². The fraction of sp³-hybridized carbons (Fsp3) is 0.600. The van der Waals surface area contributed by atoms with E-state index in [1.54, 1.807) is 8.61 Å². The molecule has 0 aromatic heterocycles. The molecule has 2 heterocycles. The number of fused-ring (bicyclic) bond motifs is 1. The van der Waals surface area contributed by atoms with Crippen molar-refractivity contribution in [2.45, 2.75) is 45.2 Å². The number of hydrogen-bond acceptors (Lipinski definition) is 3. The molecule has 3 rings (SSSR count). The third kappa shape index (κ3) is 2.67. The predicted octanol–water partition coefficient (Wildman–Crippen LogP) is 1.75. The Morgan fingerprint density at radius 3 is 2.81 bits per heavy atom. The third-order valence-corrected chi connectivity index (χ3v) is 6.73. The molecule has 5 nitrogen and oxygen atoms in total. The van der Waals surface area contributed by atoms with Gasteiger partial charge in [0, 0.05) is 31.4 Å². The van der Waals surface area contributed by atoms with Gasteiger partial charge in [0.2, 0.25) is 0 Å². The number of piperidine rings is 1. The smallest absolute Gasteiger partial charge is 0.282 e. The highest BCUT2D eigenvalue weighted by Gasteiger charge is 2.36. The molecule has 21 heavy (non-hydrogen) atoms. The van der Waals surface area contributed by atoms with Gasteiger partial charge >= 0.3 is 0 Å². The van der Waals surface area contributed by atoms with Crippen LogP contribution in [0.1, 0.15) is 37.3 Å². The van der Waals surface area contributed by atoms with Gasteiger partial charge in [0.15, 0.2) is 0 Å². The molecule has 2 aliphatic heterocycles. The molecule has 6 heteroatoms. The van der Waals surface area contributed by atoms with E-state index in [-0.39, 0.29) is 6.04 Å². The van der Waals surface area contributed by atoms with Gasteiger partial charge in [-0.1, -0.05) is 18.6 Å². The van der Waals surface area contributed by atoms with Crippen LogP contribution >= 0.6 is 0 Å². The summed E-state index contributed by atoms with van der Waals surface area (Å²) in [4.78, 5) is 0. The van der Waals surface area contributed by atoms with E-state index in [1.165, 1.54) is 0 Å². The van der Waals surface area contributed by atoms with Crippen molar-refractivity contribution in [3.63, 3.8) is 0 Å². The molecule has 1 saturated heterocycles. The molecule has 1 unspecified atom stereocenters. The monoisotopic (exact) mass is 309 g/mol. The second-order valence-electron chi connectivity index (χ2n) is 6.03.